The summed E-state index contributed by atoms with van der Waals surface area (Å²) < 4.78 is 32.6. The fraction of sp³-hybridized carbons (Fsp3) is 0.333. The molecule has 1 saturated heterocycles. The Labute approximate surface area is 175 Å². The van der Waals surface area contributed by atoms with Crippen LogP contribution in [0, 0.1) is 5.92 Å². The van der Waals surface area contributed by atoms with Crippen molar-refractivity contribution in [2.45, 2.75) is 23.9 Å². The molecule has 9 heteroatoms. The third-order valence-corrected chi connectivity index (χ3v) is 7.04. The minimum atomic E-state index is -3.61. The molecule has 2 aromatic rings. The molecule has 0 aliphatic carbocycles. The van der Waals surface area contributed by atoms with Crippen molar-refractivity contribution in [3.63, 3.8) is 0 Å². The first kappa shape index (κ1) is 20.4. The molecule has 2 aromatic carbocycles. The molecule has 2 aliphatic rings. The number of carbonyl (C=O) groups is 2. The van der Waals surface area contributed by atoms with Gasteiger partial charge in [0.05, 0.1) is 24.5 Å². The number of likely N-dealkylation sites (tertiary alicyclic amines) is 1. The third kappa shape index (κ3) is 3.90. The number of amides is 1. The maximum Gasteiger partial charge on any atom is 0.337 e. The Morgan fingerprint density at radius 3 is 2.50 bits per heavy atom. The number of piperidine rings is 1. The Hall–Kier alpha value is -2.91. The van der Waals surface area contributed by atoms with Gasteiger partial charge >= 0.3 is 5.97 Å². The van der Waals surface area contributed by atoms with E-state index < -0.39 is 22.2 Å². The molecule has 0 saturated carbocycles. The lowest BCUT2D eigenvalue weighted by atomic mass is 9.94. The normalized spacial score (nSPS) is 22.5. The van der Waals surface area contributed by atoms with Gasteiger partial charge in [0, 0.05) is 24.6 Å². The van der Waals surface area contributed by atoms with E-state index in [1.54, 1.807) is 53.4 Å². The summed E-state index contributed by atoms with van der Waals surface area (Å²) in [4.78, 5) is 26.5. The number of hydrogen-bond acceptors (Lipinski definition) is 6. The molecule has 2 aliphatic heterocycles. The molecule has 2 N–H and O–H groups in total. The van der Waals surface area contributed by atoms with E-state index >= 15 is 0 Å². The van der Waals surface area contributed by atoms with Gasteiger partial charge in [-0.3, -0.25) is 4.79 Å². The molecule has 158 valence electrons. The average molecular weight is 429 g/mol. The molecule has 0 radical (unpaired) electrons. The van der Waals surface area contributed by atoms with Crippen molar-refractivity contribution in [2.24, 2.45) is 5.92 Å². The highest BCUT2D eigenvalue weighted by Crippen LogP contribution is 2.30. The largest absolute Gasteiger partial charge is 0.465 e. The third-order valence-electron chi connectivity index (χ3n) is 5.54. The zero-order valence-electron chi connectivity index (χ0n) is 16.5. The van der Waals surface area contributed by atoms with Crippen LogP contribution >= 0.6 is 0 Å². The molecular formula is C21H23N3O5S. The first-order valence-electron chi connectivity index (χ1n) is 9.74. The number of methoxy groups -OCH3 is 1. The van der Waals surface area contributed by atoms with Gasteiger partial charge in [0.25, 0.3) is 5.91 Å². The Morgan fingerprint density at radius 2 is 1.77 bits per heavy atom. The van der Waals surface area contributed by atoms with Crippen molar-refractivity contribution in [2.75, 3.05) is 25.5 Å². The van der Waals surface area contributed by atoms with Crippen molar-refractivity contribution < 1.29 is 22.7 Å². The van der Waals surface area contributed by atoms with Crippen molar-refractivity contribution in [3.05, 3.63) is 59.7 Å². The minimum absolute atomic E-state index is 0.0693. The number of para-hydroxylation sites is 1. The van der Waals surface area contributed by atoms with Crippen LogP contribution in [0.4, 0.5) is 5.69 Å². The molecular weight excluding hydrogens is 406 g/mol. The average Bonchev–Trinajstić information content (AvgIpc) is 2.78. The molecule has 8 nitrogen and oxygen atoms in total. The Bertz CT molecular complexity index is 1070. The van der Waals surface area contributed by atoms with E-state index in [1.807, 2.05) is 0 Å². The van der Waals surface area contributed by atoms with Crippen LogP contribution in [0.5, 0.6) is 0 Å². The quantitative estimate of drug-likeness (QED) is 0.724. The van der Waals surface area contributed by atoms with E-state index in [1.165, 1.54) is 7.11 Å². The Balaban J connectivity index is 1.48. The first-order valence-corrected chi connectivity index (χ1v) is 11.2. The number of sulfonamides is 1. The van der Waals surface area contributed by atoms with Crippen molar-refractivity contribution >= 4 is 27.6 Å². The number of benzene rings is 2. The SMILES string of the molecule is COC(=O)c1ccc(C(=O)N2CCC[C@@H]([C@H]3Nc4ccccc4S(=O)(=O)N3)C2)cc1. The van der Waals surface area contributed by atoms with Gasteiger partial charge in [-0.2, -0.15) is 4.72 Å². The van der Waals surface area contributed by atoms with Crippen LogP contribution in [0.25, 0.3) is 0 Å². The summed E-state index contributed by atoms with van der Waals surface area (Å²) in [6.45, 7) is 1.03. The zero-order valence-corrected chi connectivity index (χ0v) is 17.3. The van der Waals surface area contributed by atoms with Gasteiger partial charge in [0.15, 0.2) is 0 Å². The van der Waals surface area contributed by atoms with Crippen LogP contribution in [0.1, 0.15) is 33.6 Å². The molecule has 0 bridgehead atoms. The van der Waals surface area contributed by atoms with Crippen LogP contribution in [0.3, 0.4) is 0 Å². The molecule has 0 spiro atoms. The lowest BCUT2D eigenvalue weighted by molar-refractivity contribution is 0.0598. The summed E-state index contributed by atoms with van der Waals surface area (Å²) in [6.07, 6.45) is 1.09. The number of carbonyl (C=O) groups excluding carboxylic acids is 2. The monoisotopic (exact) mass is 429 g/mol. The number of nitrogens with zero attached hydrogens (tertiary/aromatic N) is 1. The minimum Gasteiger partial charge on any atom is -0.465 e. The second-order valence-electron chi connectivity index (χ2n) is 7.46. The molecule has 1 amide bonds. The summed E-state index contributed by atoms with van der Waals surface area (Å²) in [5.41, 5.74) is 1.43. The summed E-state index contributed by atoms with van der Waals surface area (Å²) in [5, 5.41) is 3.27. The number of anilines is 1. The molecule has 0 unspecified atom stereocenters. The van der Waals surface area contributed by atoms with Gasteiger partial charge in [0.1, 0.15) is 4.90 Å². The van der Waals surface area contributed by atoms with Crippen molar-refractivity contribution in [1.29, 1.82) is 0 Å². The van der Waals surface area contributed by atoms with Gasteiger partial charge in [0.2, 0.25) is 10.0 Å². The molecule has 0 aromatic heterocycles. The Morgan fingerprint density at radius 1 is 1.07 bits per heavy atom. The van der Waals surface area contributed by atoms with E-state index in [-0.39, 0.29) is 16.7 Å². The number of hydrogen-bond donors (Lipinski definition) is 2. The maximum absolute atomic E-state index is 13.0. The lowest BCUT2D eigenvalue weighted by Gasteiger charge is -2.39. The lowest BCUT2D eigenvalue weighted by Crippen LogP contribution is -2.54. The van der Waals surface area contributed by atoms with Gasteiger partial charge in [-0.1, -0.05) is 12.1 Å². The van der Waals surface area contributed by atoms with Crippen molar-refractivity contribution in [1.82, 2.24) is 9.62 Å². The van der Waals surface area contributed by atoms with Crippen LogP contribution < -0.4 is 10.0 Å². The molecule has 2 atom stereocenters. The predicted octanol–water partition coefficient (Wildman–Crippen LogP) is 2.06. The predicted molar refractivity (Wildman–Crippen MR) is 111 cm³/mol. The van der Waals surface area contributed by atoms with E-state index in [4.69, 9.17) is 0 Å². The number of nitrogens with one attached hydrogen (secondary N) is 2. The summed E-state index contributed by atoms with van der Waals surface area (Å²) >= 11 is 0. The fourth-order valence-corrected chi connectivity index (χ4v) is 5.36. The number of fused-ring (bicyclic) bond motifs is 1. The van der Waals surface area contributed by atoms with Crippen molar-refractivity contribution in [3.8, 4) is 0 Å². The van der Waals surface area contributed by atoms with Crippen LogP contribution in [0.2, 0.25) is 0 Å². The molecule has 4 rings (SSSR count). The van der Waals surface area contributed by atoms with Crippen LogP contribution in [-0.2, 0) is 14.8 Å². The highest BCUT2D eigenvalue weighted by Gasteiger charge is 2.36. The maximum atomic E-state index is 13.0. The van der Waals surface area contributed by atoms with Crippen LogP contribution in [0.15, 0.2) is 53.4 Å². The molecule has 1 fully saturated rings. The number of ether oxygens (including phenoxy) is 1. The van der Waals surface area contributed by atoms with E-state index in [0.29, 0.717) is 29.9 Å². The second kappa shape index (κ2) is 8.08. The van der Waals surface area contributed by atoms with Crippen LogP contribution in [-0.4, -0.2) is 51.6 Å². The Kier molecular flexibility index (Phi) is 5.48. The van der Waals surface area contributed by atoms with E-state index in [0.717, 1.165) is 12.8 Å². The van der Waals surface area contributed by atoms with Gasteiger partial charge < -0.3 is 15.0 Å². The van der Waals surface area contributed by atoms with Gasteiger partial charge in [-0.15, -0.1) is 0 Å². The highest BCUT2D eigenvalue weighted by atomic mass is 32.2. The second-order valence-corrected chi connectivity index (χ2v) is 9.14. The number of esters is 1. The molecule has 30 heavy (non-hydrogen) atoms. The number of rotatable bonds is 3. The summed E-state index contributed by atoms with van der Waals surface area (Å²) in [5.74, 6) is -0.668. The topological polar surface area (TPSA) is 105 Å². The zero-order chi connectivity index (χ0) is 21.3. The summed E-state index contributed by atoms with van der Waals surface area (Å²) in [6, 6.07) is 13.1. The molecule has 2 heterocycles. The highest BCUT2D eigenvalue weighted by molar-refractivity contribution is 7.89. The summed E-state index contributed by atoms with van der Waals surface area (Å²) in [7, 11) is -2.30. The first-order chi connectivity index (χ1) is 14.4. The van der Waals surface area contributed by atoms with Gasteiger partial charge in [-0.25, -0.2) is 13.2 Å². The standard InChI is InChI=1S/C21H23N3O5S/c1-29-21(26)15-10-8-14(9-11-15)20(25)24-12-4-5-16(13-24)19-22-17-6-2-3-7-18(17)30(27,28)23-19/h2-3,6-11,16,19,22-23H,4-5,12-13H2,1H3/t16-,19+/m1/s1. The van der Waals surface area contributed by atoms with E-state index in [2.05, 4.69) is 14.8 Å². The van der Waals surface area contributed by atoms with Gasteiger partial charge in [-0.05, 0) is 49.2 Å². The van der Waals surface area contributed by atoms with E-state index in [9.17, 15) is 18.0 Å². The smallest absolute Gasteiger partial charge is 0.337 e. The fourth-order valence-electron chi connectivity index (χ4n) is 3.98.